The number of hydrogen-bond donors (Lipinski definition) is 0. The Bertz CT molecular complexity index is 3810. The number of benzene rings is 11. The van der Waals surface area contributed by atoms with E-state index in [-0.39, 0.29) is 0 Å². The summed E-state index contributed by atoms with van der Waals surface area (Å²) in [7, 11) is 0. The summed E-state index contributed by atoms with van der Waals surface area (Å²) in [5.74, 6) is 0.682. The largest absolute Gasteiger partial charge is 0.228 e. The van der Waals surface area contributed by atoms with Crippen LogP contribution >= 0.6 is 0 Å². The Kier molecular flexibility index (Phi) is 8.84. The first-order valence-corrected chi connectivity index (χ1v) is 23.8. The highest BCUT2D eigenvalue weighted by Gasteiger charge is 2.49. The van der Waals surface area contributed by atoms with Crippen molar-refractivity contribution in [2.75, 3.05) is 0 Å². The van der Waals surface area contributed by atoms with Crippen LogP contribution in [0.4, 0.5) is 0 Å². The van der Waals surface area contributed by atoms with Crippen LogP contribution in [0.25, 0.3) is 111 Å². The molecule has 11 aromatic carbocycles. The molecule has 0 fully saturated rings. The smallest absolute Gasteiger partial charge is 0.160 e. The normalized spacial score (nSPS) is 12.8. The lowest BCUT2D eigenvalue weighted by atomic mass is 9.65. The maximum atomic E-state index is 5.50. The first-order chi connectivity index (χ1) is 34.2. The molecule has 1 heterocycles. The summed E-state index contributed by atoms with van der Waals surface area (Å²) in [4.78, 5) is 10.9. The van der Waals surface area contributed by atoms with Crippen LogP contribution < -0.4 is 0 Å². The summed E-state index contributed by atoms with van der Waals surface area (Å²) >= 11 is 0. The molecule has 0 N–H and O–H groups in total. The van der Waals surface area contributed by atoms with Crippen molar-refractivity contribution in [1.82, 2.24) is 9.97 Å². The predicted molar refractivity (Wildman–Crippen MR) is 286 cm³/mol. The Labute approximate surface area is 401 Å². The van der Waals surface area contributed by atoms with Gasteiger partial charge >= 0.3 is 0 Å². The fourth-order valence-electron chi connectivity index (χ4n) is 11.7. The maximum Gasteiger partial charge on any atom is 0.160 e. The molecule has 0 radical (unpaired) electrons. The van der Waals surface area contributed by atoms with E-state index in [9.17, 15) is 0 Å². The minimum atomic E-state index is -0.596. The second-order valence-electron chi connectivity index (χ2n) is 18.4. The highest BCUT2D eigenvalue weighted by atomic mass is 14.9. The van der Waals surface area contributed by atoms with E-state index in [4.69, 9.17) is 9.97 Å². The van der Waals surface area contributed by atoms with Crippen molar-refractivity contribution in [1.29, 1.82) is 0 Å². The van der Waals surface area contributed by atoms with Crippen LogP contribution in [0.15, 0.2) is 255 Å². The molecule has 2 nitrogen and oxygen atoms in total. The number of nitrogens with zero attached hydrogens (tertiary/aromatic N) is 2. The molecule has 320 valence electrons. The van der Waals surface area contributed by atoms with Crippen molar-refractivity contribution < 1.29 is 0 Å². The Morgan fingerprint density at radius 3 is 1.13 bits per heavy atom. The fourth-order valence-corrected chi connectivity index (χ4v) is 11.7. The summed E-state index contributed by atoms with van der Waals surface area (Å²) in [6.45, 7) is 0. The van der Waals surface area contributed by atoms with E-state index in [1.54, 1.807) is 0 Å². The van der Waals surface area contributed by atoms with Gasteiger partial charge in [0.15, 0.2) is 5.82 Å². The molecule has 0 amide bonds. The average molecular weight is 875 g/mol. The van der Waals surface area contributed by atoms with E-state index in [1.807, 2.05) is 0 Å². The molecule has 2 heteroatoms. The molecule has 0 aliphatic heterocycles. The predicted octanol–water partition coefficient (Wildman–Crippen LogP) is 17.1. The first-order valence-electron chi connectivity index (χ1n) is 23.8. The van der Waals surface area contributed by atoms with Gasteiger partial charge in [0.1, 0.15) is 0 Å². The molecule has 0 saturated carbocycles. The van der Waals surface area contributed by atoms with E-state index in [0.717, 1.165) is 33.6 Å². The number of hydrogen-bond acceptors (Lipinski definition) is 2. The second kappa shape index (κ2) is 15.6. The van der Waals surface area contributed by atoms with Crippen LogP contribution in [0.3, 0.4) is 0 Å². The van der Waals surface area contributed by atoms with Crippen molar-refractivity contribution in [2.24, 2.45) is 0 Å². The van der Waals surface area contributed by atoms with Crippen LogP contribution in [-0.4, -0.2) is 9.97 Å². The molecule has 69 heavy (non-hydrogen) atoms. The van der Waals surface area contributed by atoms with E-state index >= 15 is 0 Å². The van der Waals surface area contributed by atoms with Gasteiger partial charge in [0.25, 0.3) is 0 Å². The summed E-state index contributed by atoms with van der Waals surface area (Å²) in [5.41, 5.74) is 21.5. The summed E-state index contributed by atoms with van der Waals surface area (Å²) in [5, 5.41) is 4.93. The van der Waals surface area contributed by atoms with E-state index < -0.39 is 5.41 Å². The third kappa shape index (κ3) is 6.06. The number of aromatic nitrogens is 2. The van der Waals surface area contributed by atoms with Gasteiger partial charge in [-0.15, -0.1) is 0 Å². The molecule has 2 aliphatic carbocycles. The lowest BCUT2D eigenvalue weighted by molar-refractivity contribution is 0.775. The van der Waals surface area contributed by atoms with Gasteiger partial charge in [-0.2, -0.15) is 0 Å². The highest BCUT2D eigenvalue weighted by molar-refractivity contribution is 6.00. The minimum Gasteiger partial charge on any atom is -0.228 e. The topological polar surface area (TPSA) is 25.8 Å². The number of fused-ring (bicyclic) bond motifs is 14. The van der Waals surface area contributed by atoms with E-state index in [2.05, 4.69) is 255 Å². The molecular weight excluding hydrogens is 833 g/mol. The lowest BCUT2D eigenvalue weighted by Gasteiger charge is -2.35. The van der Waals surface area contributed by atoms with Gasteiger partial charge in [-0.1, -0.05) is 243 Å². The average Bonchev–Trinajstić information content (AvgIpc) is 3.67. The molecule has 0 saturated heterocycles. The summed E-state index contributed by atoms with van der Waals surface area (Å²) in [6, 6.07) is 93.2. The van der Waals surface area contributed by atoms with Crippen LogP contribution in [0, 0.1) is 0 Å². The Hall–Kier alpha value is -8.98. The lowest BCUT2D eigenvalue weighted by Crippen LogP contribution is -2.29. The molecule has 14 rings (SSSR count). The first kappa shape index (κ1) is 39.2. The molecule has 12 aromatic rings. The van der Waals surface area contributed by atoms with Crippen molar-refractivity contribution >= 4 is 21.5 Å². The molecule has 0 unspecified atom stereocenters. The standard InChI is InChI=1S/C67H42N2/c1-3-19-50-43(15-1)17-13-26-52(50)45-31-35-47(36-32-45)64-42-65(69-66(68-64)48-37-33-46(34-38-48)53-27-14-18-44-16-2-4-20-51(44)53)49-39-40-59-55-22-6-5-21-54(55)56-23-7-10-28-60(56)67(63(59)41-49)61-29-11-8-24-57(61)58-25-9-12-30-62(58)67/h1-42H. The molecule has 2 aliphatic rings. The van der Waals surface area contributed by atoms with Crippen LogP contribution in [0.5, 0.6) is 0 Å². The molecule has 0 atom stereocenters. The van der Waals surface area contributed by atoms with Gasteiger partial charge in [-0.25, -0.2) is 9.97 Å². The summed E-state index contributed by atoms with van der Waals surface area (Å²) < 4.78 is 0. The van der Waals surface area contributed by atoms with Crippen LogP contribution in [0.1, 0.15) is 22.3 Å². The second-order valence-corrected chi connectivity index (χ2v) is 18.4. The van der Waals surface area contributed by atoms with Crippen molar-refractivity contribution in [3.05, 3.63) is 277 Å². The van der Waals surface area contributed by atoms with Gasteiger partial charge < -0.3 is 0 Å². The third-order valence-electron chi connectivity index (χ3n) is 14.8. The third-order valence-corrected chi connectivity index (χ3v) is 14.8. The van der Waals surface area contributed by atoms with Gasteiger partial charge in [-0.3, -0.25) is 0 Å². The zero-order valence-corrected chi connectivity index (χ0v) is 37.6. The fraction of sp³-hybridized carbons (Fsp3) is 0.0149. The van der Waals surface area contributed by atoms with Gasteiger partial charge in [0.05, 0.1) is 16.8 Å². The zero-order valence-electron chi connectivity index (χ0n) is 37.6. The zero-order chi connectivity index (χ0) is 45.5. The number of rotatable bonds is 5. The molecular formula is C67H42N2. The van der Waals surface area contributed by atoms with Gasteiger partial charge in [0.2, 0.25) is 0 Å². The molecule has 0 bridgehead atoms. The van der Waals surface area contributed by atoms with Crippen LogP contribution in [-0.2, 0) is 5.41 Å². The summed E-state index contributed by atoms with van der Waals surface area (Å²) in [6.07, 6.45) is 0. The van der Waals surface area contributed by atoms with E-state index in [0.29, 0.717) is 5.82 Å². The van der Waals surface area contributed by atoms with Crippen LogP contribution in [0.2, 0.25) is 0 Å². The molecule has 1 aromatic heterocycles. The van der Waals surface area contributed by atoms with Crippen molar-refractivity contribution in [2.45, 2.75) is 5.41 Å². The van der Waals surface area contributed by atoms with Crippen molar-refractivity contribution in [3.8, 4) is 89.5 Å². The highest BCUT2D eigenvalue weighted by Crippen LogP contribution is 2.61. The van der Waals surface area contributed by atoms with Crippen molar-refractivity contribution in [3.63, 3.8) is 0 Å². The quantitative estimate of drug-likeness (QED) is 0.172. The van der Waals surface area contributed by atoms with Gasteiger partial charge in [0, 0.05) is 16.7 Å². The Morgan fingerprint density at radius 2 is 0.594 bits per heavy atom. The van der Waals surface area contributed by atoms with Gasteiger partial charge in [-0.05, 0) is 112 Å². The SMILES string of the molecule is c1ccc2c(c1)-c1ccccc1C1(c3cc(-c4cc(-c5ccc(-c6cccc7ccccc67)cc5)nc(-c5ccc(-c6cccc7ccccc67)cc5)n4)ccc3-2)c2ccccc2-c2ccccc21. The monoisotopic (exact) mass is 874 g/mol. The minimum absolute atomic E-state index is 0.596. The molecule has 1 spiro atoms. The Morgan fingerprint density at radius 1 is 0.232 bits per heavy atom. The Balaban J connectivity index is 0.984. The maximum absolute atomic E-state index is 5.50. The van der Waals surface area contributed by atoms with E-state index in [1.165, 1.54) is 93.9 Å².